The lowest BCUT2D eigenvalue weighted by Gasteiger charge is -2.23. The smallest absolute Gasteiger partial charge is 0.338 e. The van der Waals surface area contributed by atoms with Crippen LogP contribution in [0.4, 0.5) is 15.6 Å². The molecular weight excluding hydrogens is 490 g/mol. The van der Waals surface area contributed by atoms with Crippen molar-refractivity contribution in [2.24, 2.45) is 5.92 Å². The summed E-state index contributed by atoms with van der Waals surface area (Å²) in [6, 6.07) is 12.1. The molecule has 3 amide bonds. The van der Waals surface area contributed by atoms with Crippen LogP contribution in [0.15, 0.2) is 48.5 Å². The Morgan fingerprint density at radius 1 is 1.06 bits per heavy atom. The van der Waals surface area contributed by atoms with Crippen molar-refractivity contribution in [3.63, 3.8) is 0 Å². The molecule has 0 saturated carbocycles. The molecule has 3 aromatic rings. The predicted molar refractivity (Wildman–Crippen MR) is 137 cm³/mol. The molecule has 0 aliphatic rings. The topological polar surface area (TPSA) is 122 Å². The van der Waals surface area contributed by atoms with Gasteiger partial charge >= 0.3 is 12.0 Å². The summed E-state index contributed by atoms with van der Waals surface area (Å²) in [5.74, 6) is -0.986. The maximum absolute atomic E-state index is 13.0. The van der Waals surface area contributed by atoms with Crippen molar-refractivity contribution in [2.75, 3.05) is 17.2 Å². The van der Waals surface area contributed by atoms with Gasteiger partial charge in [0.1, 0.15) is 11.0 Å². The number of rotatable bonds is 9. The molecule has 3 N–H and O–H groups in total. The first-order chi connectivity index (χ1) is 16.8. The van der Waals surface area contributed by atoms with E-state index in [1.807, 2.05) is 26.0 Å². The zero-order valence-corrected chi connectivity index (χ0v) is 21.1. The molecular formula is C24H26ClN5O4S. The van der Waals surface area contributed by atoms with Gasteiger partial charge in [-0.15, -0.1) is 10.2 Å². The predicted octanol–water partition coefficient (Wildman–Crippen LogP) is 5.21. The second kappa shape index (κ2) is 12.3. The largest absolute Gasteiger partial charge is 0.462 e. The van der Waals surface area contributed by atoms with Crippen LogP contribution < -0.4 is 16.0 Å². The second-order valence-electron chi connectivity index (χ2n) is 7.67. The van der Waals surface area contributed by atoms with Gasteiger partial charge in [-0.2, -0.15) is 0 Å². The Balaban J connectivity index is 1.64. The minimum Gasteiger partial charge on any atom is -0.462 e. The zero-order chi connectivity index (χ0) is 25.4. The van der Waals surface area contributed by atoms with Gasteiger partial charge in [-0.05, 0) is 49.2 Å². The molecule has 9 nitrogen and oxygen atoms in total. The quantitative estimate of drug-likeness (QED) is 0.336. The van der Waals surface area contributed by atoms with E-state index < -0.39 is 23.9 Å². The number of carbonyl (C=O) groups is 3. The molecule has 0 fully saturated rings. The van der Waals surface area contributed by atoms with Crippen molar-refractivity contribution < 1.29 is 19.1 Å². The molecule has 0 saturated heterocycles. The highest BCUT2D eigenvalue weighted by molar-refractivity contribution is 7.18. The standard InChI is InChI=1S/C24H26ClN5O4S/c1-4-14(3)19(27-23(33)26-18-11-9-15(10-12-18)22(32)34-5-2)20(31)28-24-30-29-21(35-24)16-7-6-8-17(25)13-16/h6-14,19H,4-5H2,1-3H3,(H2,26,27,33)(H,28,30,31). The SMILES string of the molecule is CCOC(=O)c1ccc(NC(=O)NC(C(=O)Nc2nnc(-c3cccc(Cl)c3)s2)C(C)CC)cc1. The van der Waals surface area contributed by atoms with E-state index >= 15 is 0 Å². The normalized spacial score (nSPS) is 12.3. The minimum atomic E-state index is -0.808. The number of halogens is 1. The van der Waals surface area contributed by atoms with Gasteiger partial charge in [0.15, 0.2) is 0 Å². The highest BCUT2D eigenvalue weighted by Gasteiger charge is 2.27. The molecule has 2 aromatic carbocycles. The number of anilines is 2. The summed E-state index contributed by atoms with van der Waals surface area (Å²) in [6.45, 7) is 5.81. The molecule has 3 rings (SSSR count). The van der Waals surface area contributed by atoms with E-state index in [2.05, 4.69) is 26.1 Å². The Morgan fingerprint density at radius 3 is 2.46 bits per heavy atom. The van der Waals surface area contributed by atoms with Crippen LogP contribution in [0.5, 0.6) is 0 Å². The molecule has 0 spiro atoms. The summed E-state index contributed by atoms with van der Waals surface area (Å²) in [5, 5.41) is 17.8. The number of carbonyl (C=O) groups excluding carboxylic acids is 3. The Bertz CT molecular complexity index is 1180. The van der Waals surface area contributed by atoms with Crippen LogP contribution in [-0.2, 0) is 9.53 Å². The lowest BCUT2D eigenvalue weighted by Crippen LogP contribution is -2.49. The number of urea groups is 1. The Hall–Kier alpha value is -3.50. The molecule has 1 heterocycles. The van der Waals surface area contributed by atoms with E-state index in [0.29, 0.717) is 32.8 Å². The van der Waals surface area contributed by atoms with Crippen molar-refractivity contribution >= 4 is 51.7 Å². The molecule has 2 unspecified atom stereocenters. The molecule has 0 bridgehead atoms. The molecule has 0 aliphatic heterocycles. The third kappa shape index (κ3) is 7.24. The fraction of sp³-hybridized carbons (Fsp3) is 0.292. The van der Waals surface area contributed by atoms with Crippen LogP contribution in [-0.4, -0.2) is 40.8 Å². The molecule has 184 valence electrons. The fourth-order valence-electron chi connectivity index (χ4n) is 3.11. The number of esters is 1. The molecule has 0 radical (unpaired) electrons. The summed E-state index contributed by atoms with van der Waals surface area (Å²) < 4.78 is 4.95. The van der Waals surface area contributed by atoms with Crippen molar-refractivity contribution in [1.29, 1.82) is 0 Å². The highest BCUT2D eigenvalue weighted by Crippen LogP contribution is 2.28. The highest BCUT2D eigenvalue weighted by atomic mass is 35.5. The van der Waals surface area contributed by atoms with Gasteiger partial charge in [-0.3, -0.25) is 10.1 Å². The molecule has 1 aromatic heterocycles. The third-order valence-electron chi connectivity index (χ3n) is 5.16. The first-order valence-corrected chi connectivity index (χ1v) is 12.2. The summed E-state index contributed by atoms with van der Waals surface area (Å²) >= 11 is 7.25. The Kier molecular flexibility index (Phi) is 9.16. The number of hydrogen-bond acceptors (Lipinski definition) is 7. The summed E-state index contributed by atoms with van der Waals surface area (Å²) in [7, 11) is 0. The number of aromatic nitrogens is 2. The fourth-order valence-corrected chi connectivity index (χ4v) is 4.04. The number of ether oxygens (including phenoxy) is 1. The number of nitrogens with one attached hydrogen (secondary N) is 3. The zero-order valence-electron chi connectivity index (χ0n) is 19.5. The third-order valence-corrected chi connectivity index (χ3v) is 6.29. The second-order valence-corrected chi connectivity index (χ2v) is 9.09. The van der Waals surface area contributed by atoms with E-state index in [-0.39, 0.29) is 12.5 Å². The van der Waals surface area contributed by atoms with Gasteiger partial charge in [-0.25, -0.2) is 9.59 Å². The lowest BCUT2D eigenvalue weighted by molar-refractivity contribution is -0.119. The Labute approximate surface area is 212 Å². The van der Waals surface area contributed by atoms with Crippen molar-refractivity contribution in [1.82, 2.24) is 15.5 Å². The van der Waals surface area contributed by atoms with Gasteiger partial charge < -0.3 is 15.4 Å². The van der Waals surface area contributed by atoms with Gasteiger partial charge in [0, 0.05) is 16.3 Å². The van der Waals surface area contributed by atoms with Crippen molar-refractivity contribution in [2.45, 2.75) is 33.2 Å². The van der Waals surface area contributed by atoms with Gasteiger partial charge in [0.05, 0.1) is 12.2 Å². The summed E-state index contributed by atoms with van der Waals surface area (Å²) in [5.41, 5.74) is 1.64. The summed E-state index contributed by atoms with van der Waals surface area (Å²) in [4.78, 5) is 37.4. The van der Waals surface area contributed by atoms with Gasteiger partial charge in [0.25, 0.3) is 0 Å². The first-order valence-electron chi connectivity index (χ1n) is 11.1. The average Bonchev–Trinajstić information content (AvgIpc) is 3.31. The van der Waals surface area contributed by atoms with Crippen LogP contribution >= 0.6 is 22.9 Å². The van der Waals surface area contributed by atoms with Gasteiger partial charge in [0.2, 0.25) is 11.0 Å². The summed E-state index contributed by atoms with van der Waals surface area (Å²) in [6.07, 6.45) is 0.663. The molecule has 0 aliphatic carbocycles. The molecule has 35 heavy (non-hydrogen) atoms. The number of nitrogens with zero attached hydrogens (tertiary/aromatic N) is 2. The number of amides is 3. The van der Waals surface area contributed by atoms with Crippen molar-refractivity contribution in [3.05, 3.63) is 59.1 Å². The number of hydrogen-bond donors (Lipinski definition) is 3. The van der Waals surface area contributed by atoms with Gasteiger partial charge in [-0.1, -0.05) is 55.3 Å². The Morgan fingerprint density at radius 2 is 1.80 bits per heavy atom. The van der Waals surface area contributed by atoms with Crippen molar-refractivity contribution in [3.8, 4) is 10.6 Å². The van der Waals surface area contributed by atoms with Crippen LogP contribution in [0.1, 0.15) is 37.6 Å². The maximum atomic E-state index is 13.0. The van der Waals surface area contributed by atoms with E-state index in [4.69, 9.17) is 16.3 Å². The lowest BCUT2D eigenvalue weighted by atomic mass is 9.98. The molecule has 11 heteroatoms. The number of benzene rings is 2. The average molecular weight is 516 g/mol. The van der Waals surface area contributed by atoms with E-state index in [0.717, 1.165) is 5.56 Å². The van der Waals surface area contributed by atoms with Crippen LogP contribution in [0.3, 0.4) is 0 Å². The maximum Gasteiger partial charge on any atom is 0.338 e. The van der Waals surface area contributed by atoms with E-state index in [1.165, 1.54) is 11.3 Å². The molecule has 2 atom stereocenters. The first kappa shape index (κ1) is 26.1. The van der Waals surface area contributed by atoms with Crippen LogP contribution in [0, 0.1) is 5.92 Å². The van der Waals surface area contributed by atoms with Crippen LogP contribution in [0.2, 0.25) is 5.02 Å². The minimum absolute atomic E-state index is 0.146. The van der Waals surface area contributed by atoms with E-state index in [9.17, 15) is 14.4 Å². The van der Waals surface area contributed by atoms with E-state index in [1.54, 1.807) is 43.3 Å². The monoisotopic (exact) mass is 515 g/mol. The van der Waals surface area contributed by atoms with Crippen LogP contribution in [0.25, 0.3) is 10.6 Å².